The third-order valence-electron chi connectivity index (χ3n) is 23.7. The Kier molecular flexibility index (Phi) is 25.4. The number of aliphatic hydroxyl groups is 2. The largest absolute Gasteiger partial charge is 0.481 e. The molecule has 97 heavy (non-hydrogen) atoms. The Morgan fingerprint density at radius 1 is 0.536 bits per heavy atom. The van der Waals surface area contributed by atoms with Crippen LogP contribution < -0.4 is 21.7 Å². The number of aliphatic hydroxyl groups excluding tert-OH is 2. The third kappa shape index (κ3) is 17.8. The Hall–Kier alpha value is -5.14. The molecule has 8 N–H and O–H groups in total. The Bertz CT molecular complexity index is 3290. The van der Waals surface area contributed by atoms with Gasteiger partial charge < -0.3 is 46.5 Å². The lowest BCUT2D eigenvalue weighted by atomic mass is 9.46. The summed E-state index contributed by atoms with van der Waals surface area (Å²) in [7, 11) is 2.88. The zero-order chi connectivity index (χ0) is 68.4. The highest BCUT2D eigenvalue weighted by atomic mass is 35.5. The van der Waals surface area contributed by atoms with E-state index in [0.29, 0.717) is 42.3 Å². The average molecular weight is 1390 g/mol. The number of carbonyl (C=O) groups is 4. The van der Waals surface area contributed by atoms with E-state index in [0.717, 1.165) is 121 Å². The number of amides is 1. The van der Waals surface area contributed by atoms with Crippen LogP contribution in [0, 0.1) is 81.4 Å². The van der Waals surface area contributed by atoms with Crippen LogP contribution in [0.2, 0.25) is 0 Å². The summed E-state index contributed by atoms with van der Waals surface area (Å²) < 4.78 is 65.6. The molecule has 0 radical (unpaired) electrons. The fraction of sp³-hybridized carbons (Fsp3) is 0.641. The fourth-order valence-corrected chi connectivity index (χ4v) is 19.4. The minimum absolute atomic E-state index is 0. The maximum atomic E-state index is 14.3. The minimum Gasteiger partial charge on any atom is -0.481 e. The molecule has 4 aromatic carbocycles. The lowest BCUT2D eigenvalue weighted by Crippen LogP contribution is -2.60. The van der Waals surface area contributed by atoms with Crippen molar-refractivity contribution in [3.63, 3.8) is 0 Å². The summed E-state index contributed by atoms with van der Waals surface area (Å²) in [5, 5.41) is 42.4. The predicted molar refractivity (Wildman–Crippen MR) is 373 cm³/mol. The van der Waals surface area contributed by atoms with Crippen molar-refractivity contribution in [1.82, 2.24) is 16.0 Å². The number of hydrogen-bond acceptors (Lipinski definition) is 11. The molecule has 4 aromatic rings. The molecule has 8 atom stereocenters. The number of methoxy groups -OCH3 is 2. The number of ether oxygens (including phenoxy) is 2. The quantitative estimate of drug-likeness (QED) is 0.0346. The van der Waals surface area contributed by atoms with Crippen molar-refractivity contribution in [1.29, 1.82) is 0 Å². The second-order valence-electron chi connectivity index (χ2n) is 32.5. The van der Waals surface area contributed by atoms with Gasteiger partial charge in [0, 0.05) is 48.3 Å². The van der Waals surface area contributed by atoms with Gasteiger partial charge in [0.15, 0.2) is 0 Å². The first-order chi connectivity index (χ1) is 44.9. The summed E-state index contributed by atoms with van der Waals surface area (Å²) in [6, 6.07) is 22.9. The summed E-state index contributed by atoms with van der Waals surface area (Å²) in [5.74, 6) is -2.70. The van der Waals surface area contributed by atoms with E-state index < -0.39 is 58.9 Å². The molecule has 19 heteroatoms. The van der Waals surface area contributed by atoms with Gasteiger partial charge >= 0.3 is 17.9 Å². The smallest absolute Gasteiger partial charge is 0.311 e. The van der Waals surface area contributed by atoms with Gasteiger partial charge in [-0.15, -0.1) is 24.8 Å². The molecule has 0 aliphatic heterocycles. The number of benzene rings is 4. The summed E-state index contributed by atoms with van der Waals surface area (Å²) in [6.07, 6.45) is 17.5. The van der Waals surface area contributed by atoms with E-state index in [2.05, 4.69) is 106 Å². The van der Waals surface area contributed by atoms with E-state index in [-0.39, 0.29) is 125 Å². The van der Waals surface area contributed by atoms with Crippen LogP contribution in [0.25, 0.3) is 0 Å². The summed E-state index contributed by atoms with van der Waals surface area (Å²) in [5.41, 5.74) is 10.7. The van der Waals surface area contributed by atoms with Gasteiger partial charge in [-0.05, 0) is 207 Å². The predicted octanol–water partition coefficient (Wildman–Crippen LogP) is 14.2. The number of carbonyl (C=O) groups excluding carboxylic acids is 3. The first-order valence-electron chi connectivity index (χ1n) is 35.4. The number of hydrogen-bond donors (Lipinski definition) is 7. The number of nitrogens with one attached hydrogen (secondary N) is 3. The average Bonchev–Trinajstić information content (AvgIpc) is 0.727. The van der Waals surface area contributed by atoms with Gasteiger partial charge in [0.05, 0.1) is 49.2 Å². The van der Waals surface area contributed by atoms with Crippen LogP contribution in [-0.4, -0.2) is 90.7 Å². The van der Waals surface area contributed by atoms with Crippen molar-refractivity contribution in [2.24, 2.45) is 63.9 Å². The van der Waals surface area contributed by atoms with Gasteiger partial charge in [-0.2, -0.15) is 0 Å². The summed E-state index contributed by atoms with van der Waals surface area (Å²) in [6.45, 7) is 13.8. The molecule has 0 heterocycles. The highest BCUT2D eigenvalue weighted by molar-refractivity contribution is 5.86. The number of carboxylic acids is 1. The molecule has 10 saturated carbocycles. The first kappa shape index (κ1) is 77.6. The second kappa shape index (κ2) is 31.8. The van der Waals surface area contributed by atoms with Gasteiger partial charge in [-0.3, -0.25) is 19.2 Å². The fourth-order valence-electron chi connectivity index (χ4n) is 19.4. The number of aliphatic carboxylic acids is 1. The molecular formula is C78H108Cl2F4N4O9. The number of rotatable bonds is 19. The topological polar surface area (TPSA) is 210 Å². The molecule has 14 rings (SSSR count). The van der Waals surface area contributed by atoms with Gasteiger partial charge in [-0.25, -0.2) is 17.6 Å². The summed E-state index contributed by atoms with van der Waals surface area (Å²) >= 11 is 0. The molecule has 4 unspecified atom stereocenters. The standard InChI is InChI=1S/C39H52F2N2O4.C26H36F2N2O.C13H18O4.2ClH/c1-37(2,3)28-9-8-10-29(18-28)39(11-6-5-7-12-39)42-23-33(44)32(17-24-15-30(40)19-31(41)16-24)43-35(45)34-26-13-25-14-27(34)22-38(20-25,21-26)36(46)47-4;1-25(2,3)19-8-7-9-20(15-19)26(10-5-4-6-11-26)30-17-24(31)23(29)14-18-12-21(27)16-22(28)13-18;1-17-12(16)13-4-7-2-8(5-13)10(11(14)15)9(3-7)6-13;;/h8-10,15-16,18-19,25-27,32-34,42,44H,5-7,11-14,17,20-23H2,1-4H3,(H,43,45);7-9,12-13,15-16,23-24,30-31H,4-6,10-11,14,17,29H2,1-3H3;7-10H,2-6H2,1H3,(H,14,15);2*1H/t25?,26?,27?,32-,33+,34?,38?;23-,24+;;;/m00.../s1. The highest BCUT2D eigenvalue weighted by Crippen LogP contribution is 2.64. The normalized spacial score (nSPS) is 28.3. The maximum Gasteiger partial charge on any atom is 0.311 e. The number of esters is 2. The van der Waals surface area contributed by atoms with Crippen molar-refractivity contribution >= 4 is 48.6 Å². The molecule has 10 aliphatic carbocycles. The zero-order valence-corrected chi connectivity index (χ0v) is 59.8. The monoisotopic (exact) mass is 1390 g/mol. The van der Waals surface area contributed by atoms with E-state index >= 15 is 0 Å². The van der Waals surface area contributed by atoms with Crippen molar-refractivity contribution < 1.29 is 61.5 Å². The molecule has 8 bridgehead atoms. The van der Waals surface area contributed by atoms with E-state index in [9.17, 15) is 52.1 Å². The first-order valence-corrected chi connectivity index (χ1v) is 35.4. The zero-order valence-electron chi connectivity index (χ0n) is 58.2. The molecule has 13 nitrogen and oxygen atoms in total. The molecule has 0 spiro atoms. The number of carboxylic acid groups (broad SMARTS) is 1. The van der Waals surface area contributed by atoms with Gasteiger partial charge in [0.2, 0.25) is 5.91 Å². The van der Waals surface area contributed by atoms with Crippen LogP contribution in [0.3, 0.4) is 0 Å². The van der Waals surface area contributed by atoms with E-state index in [1.165, 1.54) is 67.2 Å². The maximum absolute atomic E-state index is 14.3. The molecule has 10 aliphatic rings. The van der Waals surface area contributed by atoms with Crippen LogP contribution >= 0.6 is 24.8 Å². The van der Waals surface area contributed by atoms with Crippen LogP contribution in [0.15, 0.2) is 84.9 Å². The van der Waals surface area contributed by atoms with E-state index in [4.69, 9.17) is 15.2 Å². The Morgan fingerprint density at radius 3 is 1.28 bits per heavy atom. The van der Waals surface area contributed by atoms with Crippen LogP contribution in [0.1, 0.15) is 203 Å². The lowest BCUT2D eigenvalue weighted by molar-refractivity contribution is -0.182. The Labute approximate surface area is 584 Å². The molecule has 10 fully saturated rings. The molecule has 0 aromatic heterocycles. The molecular weight excluding hydrogens is 1280 g/mol. The highest BCUT2D eigenvalue weighted by Gasteiger charge is 2.62. The molecule has 0 saturated heterocycles. The third-order valence-corrected chi connectivity index (χ3v) is 23.7. The van der Waals surface area contributed by atoms with Crippen molar-refractivity contribution in [2.45, 2.75) is 229 Å². The number of halogens is 6. The van der Waals surface area contributed by atoms with Crippen molar-refractivity contribution in [3.05, 3.63) is 142 Å². The van der Waals surface area contributed by atoms with E-state index in [1.807, 2.05) is 0 Å². The van der Waals surface area contributed by atoms with Crippen molar-refractivity contribution in [3.8, 4) is 0 Å². The van der Waals surface area contributed by atoms with Gasteiger partial charge in [-0.1, -0.05) is 129 Å². The molecule has 1 amide bonds. The summed E-state index contributed by atoms with van der Waals surface area (Å²) in [4.78, 5) is 50.3. The van der Waals surface area contributed by atoms with Crippen LogP contribution in [0.5, 0.6) is 0 Å². The van der Waals surface area contributed by atoms with Crippen LogP contribution in [0.4, 0.5) is 17.6 Å². The Balaban J connectivity index is 0.000000205. The van der Waals surface area contributed by atoms with Gasteiger partial charge in [0.1, 0.15) is 23.3 Å². The van der Waals surface area contributed by atoms with Crippen molar-refractivity contribution in [2.75, 3.05) is 27.3 Å². The minimum atomic E-state index is -1.01. The second-order valence-corrected chi connectivity index (χ2v) is 32.5. The van der Waals surface area contributed by atoms with Gasteiger partial charge in [0.25, 0.3) is 0 Å². The molecule has 536 valence electrons. The Morgan fingerprint density at radius 2 is 0.907 bits per heavy atom. The lowest BCUT2D eigenvalue weighted by Gasteiger charge is -2.58. The SMILES string of the molecule is CC(C)(C)c1cccc(C2(NC[C@@H](O)[C@@H](N)Cc3cc(F)cc(F)c3)CCCCC2)c1.COC(=O)C12CC3CC(C1)C(C(=O)N[C@@H](Cc1cc(F)cc(F)c1)[C@H](O)CNC1(c4cccc(C(C)(C)C)c4)CCCCC1)C(C3)C2.COC(=O)C12CC3CC(C1)C(C(=O)O)C(C3)C2.Cl.Cl. The van der Waals surface area contributed by atoms with E-state index in [1.54, 1.807) is 0 Å². The van der Waals surface area contributed by atoms with Crippen LogP contribution in [-0.2, 0) is 63.4 Å². The number of nitrogens with two attached hydrogens (primary N) is 1.